The predicted molar refractivity (Wildman–Crippen MR) is 212 cm³/mol. The van der Waals surface area contributed by atoms with Crippen LogP contribution in [0.4, 0.5) is 17.1 Å². The highest BCUT2D eigenvalue weighted by Gasteiger charge is 2.21. The summed E-state index contributed by atoms with van der Waals surface area (Å²) in [7, 11) is 0. The maximum absolute atomic E-state index is 6.61. The molecule has 244 valence electrons. The van der Waals surface area contributed by atoms with Crippen molar-refractivity contribution in [2.24, 2.45) is 0 Å². The molecule has 0 bridgehead atoms. The maximum atomic E-state index is 6.61. The zero-order valence-corrected chi connectivity index (χ0v) is 27.8. The standard InChI is InChI=1S/C47H28N2O3/c1-2-10-29(11-3-1)31-13-8-14-32(26-31)49(33-21-23-37-36-16-6-7-18-40(36)50-43(37)27-33)34-22-24-38-44(28-34)51-41-19-9-17-39(45(38)41)47-48-46-35-15-5-4-12-30(35)20-25-42(46)52-47/h1-28H. The molecule has 0 saturated heterocycles. The largest absolute Gasteiger partial charge is 0.456 e. The number of nitrogens with zero attached hydrogens (tertiary/aromatic N) is 2. The van der Waals surface area contributed by atoms with Crippen LogP contribution in [0, 0.1) is 0 Å². The molecule has 52 heavy (non-hydrogen) atoms. The smallest absolute Gasteiger partial charge is 0.228 e. The van der Waals surface area contributed by atoms with Crippen molar-refractivity contribution in [3.05, 3.63) is 170 Å². The van der Waals surface area contributed by atoms with Crippen LogP contribution in [0.5, 0.6) is 0 Å². The summed E-state index contributed by atoms with van der Waals surface area (Å²) >= 11 is 0. The van der Waals surface area contributed by atoms with Crippen molar-refractivity contribution in [1.82, 2.24) is 4.98 Å². The molecule has 11 rings (SSSR count). The minimum absolute atomic E-state index is 0.572. The molecule has 3 heterocycles. The first-order valence-electron chi connectivity index (χ1n) is 17.4. The third-order valence-electron chi connectivity index (χ3n) is 10.1. The van der Waals surface area contributed by atoms with E-state index in [0.29, 0.717) is 5.89 Å². The third kappa shape index (κ3) is 4.46. The Bertz CT molecular complexity index is 3150. The van der Waals surface area contributed by atoms with Gasteiger partial charge < -0.3 is 18.2 Å². The highest BCUT2D eigenvalue weighted by Crippen LogP contribution is 2.43. The third-order valence-corrected chi connectivity index (χ3v) is 10.1. The van der Waals surface area contributed by atoms with Gasteiger partial charge in [-0.25, -0.2) is 4.98 Å². The van der Waals surface area contributed by atoms with Crippen molar-refractivity contribution in [3.63, 3.8) is 0 Å². The molecule has 0 radical (unpaired) electrons. The van der Waals surface area contributed by atoms with Crippen LogP contribution in [0.25, 0.3) is 88.3 Å². The summed E-state index contributed by atoms with van der Waals surface area (Å²) < 4.78 is 19.4. The predicted octanol–water partition coefficient (Wildman–Crippen LogP) is 13.6. The number of benzene rings is 8. The Kier molecular flexibility index (Phi) is 6.18. The topological polar surface area (TPSA) is 55.6 Å². The second-order valence-electron chi connectivity index (χ2n) is 13.1. The summed E-state index contributed by atoms with van der Waals surface area (Å²) in [4.78, 5) is 7.28. The first-order chi connectivity index (χ1) is 25.7. The number of furan rings is 2. The highest BCUT2D eigenvalue weighted by molar-refractivity contribution is 6.13. The van der Waals surface area contributed by atoms with Crippen molar-refractivity contribution >= 4 is 82.8 Å². The van der Waals surface area contributed by atoms with Crippen LogP contribution in [0.15, 0.2) is 183 Å². The molecule has 0 spiro atoms. The summed E-state index contributed by atoms with van der Waals surface area (Å²) in [6.45, 7) is 0. The van der Waals surface area contributed by atoms with E-state index in [0.717, 1.165) is 99.5 Å². The minimum atomic E-state index is 0.572. The molecule has 0 aliphatic carbocycles. The molecule has 8 aromatic carbocycles. The van der Waals surface area contributed by atoms with Crippen molar-refractivity contribution < 1.29 is 13.3 Å². The monoisotopic (exact) mass is 668 g/mol. The van der Waals surface area contributed by atoms with E-state index in [2.05, 4.69) is 120 Å². The Morgan fingerprint density at radius 3 is 1.92 bits per heavy atom. The van der Waals surface area contributed by atoms with E-state index >= 15 is 0 Å². The van der Waals surface area contributed by atoms with E-state index in [1.165, 1.54) is 0 Å². The summed E-state index contributed by atoms with van der Waals surface area (Å²) in [5.41, 5.74) is 11.0. The van der Waals surface area contributed by atoms with Gasteiger partial charge in [-0.3, -0.25) is 0 Å². The lowest BCUT2D eigenvalue weighted by atomic mass is 10.0. The fraction of sp³-hybridized carbons (Fsp3) is 0. The molecule has 0 atom stereocenters. The molecule has 0 N–H and O–H groups in total. The first kappa shape index (κ1) is 28.7. The van der Waals surface area contributed by atoms with E-state index in [-0.39, 0.29) is 0 Å². The summed E-state index contributed by atoms with van der Waals surface area (Å²) in [5.74, 6) is 0.572. The molecule has 0 saturated carbocycles. The molecule has 5 heteroatoms. The van der Waals surface area contributed by atoms with Gasteiger partial charge in [0, 0.05) is 61.7 Å². The van der Waals surface area contributed by atoms with Gasteiger partial charge in [0.1, 0.15) is 27.8 Å². The number of fused-ring (bicyclic) bond motifs is 9. The van der Waals surface area contributed by atoms with E-state index < -0.39 is 0 Å². The molecule has 0 aliphatic rings. The Labute approximate surface area is 297 Å². The lowest BCUT2D eigenvalue weighted by Gasteiger charge is -2.26. The molecule has 0 amide bonds. The maximum Gasteiger partial charge on any atom is 0.228 e. The van der Waals surface area contributed by atoms with Crippen LogP contribution >= 0.6 is 0 Å². The fourth-order valence-electron chi connectivity index (χ4n) is 7.66. The van der Waals surface area contributed by atoms with Crippen LogP contribution in [0.3, 0.4) is 0 Å². The molecule has 3 aromatic heterocycles. The molecular formula is C47H28N2O3. The first-order valence-corrected chi connectivity index (χ1v) is 17.4. The van der Waals surface area contributed by atoms with Crippen LogP contribution < -0.4 is 4.90 Å². The van der Waals surface area contributed by atoms with Gasteiger partial charge in [-0.2, -0.15) is 0 Å². The fourth-order valence-corrected chi connectivity index (χ4v) is 7.66. The second-order valence-corrected chi connectivity index (χ2v) is 13.1. The summed E-state index contributed by atoms with van der Waals surface area (Å²) in [5, 5.41) is 6.36. The molecular weight excluding hydrogens is 641 g/mol. The van der Waals surface area contributed by atoms with Crippen molar-refractivity contribution in [3.8, 4) is 22.6 Å². The van der Waals surface area contributed by atoms with Crippen LogP contribution in [-0.2, 0) is 0 Å². The zero-order chi connectivity index (χ0) is 34.2. The number of anilines is 3. The quantitative estimate of drug-likeness (QED) is 0.183. The number of hydrogen-bond acceptors (Lipinski definition) is 5. The molecule has 0 aliphatic heterocycles. The summed E-state index contributed by atoms with van der Waals surface area (Å²) in [6, 6.07) is 58.6. The van der Waals surface area contributed by atoms with Gasteiger partial charge in [0.25, 0.3) is 0 Å². The number of aromatic nitrogens is 1. The zero-order valence-electron chi connectivity index (χ0n) is 27.8. The van der Waals surface area contributed by atoms with Crippen LogP contribution in [0.1, 0.15) is 0 Å². The van der Waals surface area contributed by atoms with Gasteiger partial charge in [0.15, 0.2) is 5.58 Å². The lowest BCUT2D eigenvalue weighted by Crippen LogP contribution is -2.09. The molecule has 0 unspecified atom stereocenters. The normalized spacial score (nSPS) is 11.8. The van der Waals surface area contributed by atoms with E-state index in [9.17, 15) is 0 Å². The Balaban J connectivity index is 1.09. The average Bonchev–Trinajstić information content (AvgIpc) is 3.91. The second kappa shape index (κ2) is 11.2. The summed E-state index contributed by atoms with van der Waals surface area (Å²) in [6.07, 6.45) is 0. The Morgan fingerprint density at radius 2 is 1.04 bits per heavy atom. The SMILES string of the molecule is c1ccc(-c2cccc(N(c3ccc4c(c3)oc3ccccc34)c3ccc4c(c3)oc3cccc(-c5nc6c(ccc7ccccc76)o5)c34)c2)cc1. The van der Waals surface area contributed by atoms with E-state index in [4.69, 9.17) is 18.2 Å². The van der Waals surface area contributed by atoms with Gasteiger partial charge in [0.05, 0.1) is 0 Å². The van der Waals surface area contributed by atoms with Crippen LogP contribution in [-0.4, -0.2) is 4.98 Å². The van der Waals surface area contributed by atoms with Gasteiger partial charge in [0.2, 0.25) is 5.89 Å². The van der Waals surface area contributed by atoms with Crippen molar-refractivity contribution in [1.29, 1.82) is 0 Å². The molecule has 11 aromatic rings. The Hall–Kier alpha value is -7.11. The minimum Gasteiger partial charge on any atom is -0.456 e. The van der Waals surface area contributed by atoms with E-state index in [1.54, 1.807) is 0 Å². The Morgan fingerprint density at radius 1 is 0.385 bits per heavy atom. The average molecular weight is 669 g/mol. The molecule has 5 nitrogen and oxygen atoms in total. The number of para-hydroxylation sites is 1. The van der Waals surface area contributed by atoms with Gasteiger partial charge in [-0.15, -0.1) is 0 Å². The lowest BCUT2D eigenvalue weighted by molar-refractivity contribution is 0.620. The number of rotatable bonds is 5. The number of hydrogen-bond donors (Lipinski definition) is 0. The van der Waals surface area contributed by atoms with Crippen LogP contribution in [0.2, 0.25) is 0 Å². The number of oxazole rings is 1. The van der Waals surface area contributed by atoms with Gasteiger partial charge in [-0.05, 0) is 77.2 Å². The van der Waals surface area contributed by atoms with Crippen molar-refractivity contribution in [2.75, 3.05) is 4.90 Å². The van der Waals surface area contributed by atoms with E-state index in [1.807, 2.05) is 54.6 Å². The highest BCUT2D eigenvalue weighted by atomic mass is 16.4. The van der Waals surface area contributed by atoms with Gasteiger partial charge >= 0.3 is 0 Å². The van der Waals surface area contributed by atoms with Crippen molar-refractivity contribution in [2.45, 2.75) is 0 Å². The van der Waals surface area contributed by atoms with Gasteiger partial charge in [-0.1, -0.05) is 97.1 Å². The molecule has 0 fully saturated rings.